The molecule has 0 aliphatic heterocycles. The van der Waals surface area contributed by atoms with Crippen LogP contribution in [0.1, 0.15) is 143 Å². The van der Waals surface area contributed by atoms with E-state index in [0.29, 0.717) is 100 Å². The van der Waals surface area contributed by atoms with E-state index < -0.39 is 29.3 Å². The molecule has 15 heteroatoms. The largest absolute Gasteiger partial charge is 0.462 e. The molecule has 346 valence electrons. The Kier molecular flexibility index (Phi) is 25.0. The first-order valence-corrected chi connectivity index (χ1v) is 22.3. The Morgan fingerprint density at radius 2 is 0.887 bits per heavy atom. The maximum Gasteiger partial charge on any atom is 0.345 e. The topological polar surface area (TPSA) is 246 Å². The van der Waals surface area contributed by atoms with Crippen LogP contribution < -0.4 is 5.32 Å². The SMILES string of the molecule is CC1(C)CC(CCCCCCCNC2=C(C#N)C(=C(C(=O)OCCCCO)C(=O)OCCCCO)CC(C)(C)C2)=C(C#N)C(=C(C(=O)OCCCCO)C(=O)OCCCCO)C1. The standard InChI is InChI=1S/C47H71N3O12/c1-46(2)28-34(37(32-48)35(29-46)40(42(55)59-24-14-10-20-51)43(56)60-25-15-11-21-52)18-8-6-5-7-9-19-50-39-31-47(3,4)30-36(38(39)33-49)41(44(57)61-26-16-12-22-53)45(58)62-27-17-13-23-54/h50-54H,5-31H2,1-4H3. The summed E-state index contributed by atoms with van der Waals surface area (Å²) in [4.78, 5) is 53.5. The number of aliphatic hydroxyl groups excluding tert-OH is 4. The molecule has 0 amide bonds. The van der Waals surface area contributed by atoms with Gasteiger partial charge in [-0.15, -0.1) is 0 Å². The summed E-state index contributed by atoms with van der Waals surface area (Å²) in [5.41, 5.74) is 1.33. The Labute approximate surface area is 367 Å². The molecule has 0 saturated heterocycles. The number of nitrogens with one attached hydrogen (secondary N) is 1. The molecule has 2 rings (SSSR count). The zero-order chi connectivity index (χ0) is 46.0. The van der Waals surface area contributed by atoms with Gasteiger partial charge in [-0.1, -0.05) is 52.5 Å². The molecule has 0 atom stereocenters. The van der Waals surface area contributed by atoms with Crippen LogP contribution in [0.3, 0.4) is 0 Å². The van der Waals surface area contributed by atoms with E-state index in [-0.39, 0.29) is 87.0 Å². The summed E-state index contributed by atoms with van der Waals surface area (Å²) in [6, 6.07) is 4.51. The van der Waals surface area contributed by atoms with E-state index >= 15 is 0 Å². The van der Waals surface area contributed by atoms with Crippen molar-refractivity contribution in [3.05, 3.63) is 44.7 Å². The van der Waals surface area contributed by atoms with Crippen LogP contribution in [0.5, 0.6) is 0 Å². The van der Waals surface area contributed by atoms with Crippen molar-refractivity contribution in [3.63, 3.8) is 0 Å². The van der Waals surface area contributed by atoms with Crippen LogP contribution in [0, 0.1) is 33.5 Å². The summed E-state index contributed by atoms with van der Waals surface area (Å²) in [7, 11) is 0. The van der Waals surface area contributed by atoms with Gasteiger partial charge in [0, 0.05) is 38.7 Å². The smallest absolute Gasteiger partial charge is 0.345 e. The molecule has 0 aromatic rings. The first-order chi connectivity index (χ1) is 29.7. The summed E-state index contributed by atoms with van der Waals surface area (Å²) in [5, 5.41) is 60.7. The maximum atomic E-state index is 13.4. The van der Waals surface area contributed by atoms with Crippen LogP contribution in [0.2, 0.25) is 0 Å². The number of allylic oxidation sites excluding steroid dienone is 6. The zero-order valence-electron chi connectivity index (χ0n) is 37.5. The lowest BCUT2D eigenvalue weighted by molar-refractivity contribution is -0.149. The molecule has 2 aliphatic rings. The Balaban J connectivity index is 2.20. The molecule has 5 N–H and O–H groups in total. The predicted molar refractivity (Wildman–Crippen MR) is 230 cm³/mol. The van der Waals surface area contributed by atoms with Gasteiger partial charge in [-0.25, -0.2) is 19.2 Å². The van der Waals surface area contributed by atoms with Gasteiger partial charge >= 0.3 is 23.9 Å². The van der Waals surface area contributed by atoms with Crippen molar-refractivity contribution < 1.29 is 58.6 Å². The van der Waals surface area contributed by atoms with Crippen LogP contribution in [0.4, 0.5) is 0 Å². The van der Waals surface area contributed by atoms with Gasteiger partial charge in [0.2, 0.25) is 0 Å². The van der Waals surface area contributed by atoms with Gasteiger partial charge in [0.25, 0.3) is 0 Å². The minimum absolute atomic E-state index is 0.00436. The summed E-state index contributed by atoms with van der Waals surface area (Å²) in [6.45, 7) is 8.38. The van der Waals surface area contributed by atoms with Crippen LogP contribution in [0.25, 0.3) is 0 Å². The highest BCUT2D eigenvalue weighted by Crippen LogP contribution is 2.45. The number of ether oxygens (including phenoxy) is 4. The third-order valence-corrected chi connectivity index (χ3v) is 10.7. The minimum atomic E-state index is -0.877. The molecule has 0 unspecified atom stereocenters. The summed E-state index contributed by atoms with van der Waals surface area (Å²) < 4.78 is 21.7. The van der Waals surface area contributed by atoms with E-state index in [1.165, 1.54) is 0 Å². The fraction of sp³-hybridized carbons (Fsp3) is 0.702. The normalized spacial score (nSPS) is 15.6. The second-order valence-electron chi connectivity index (χ2n) is 17.5. The molecule has 0 bridgehead atoms. The number of esters is 4. The van der Waals surface area contributed by atoms with Crippen molar-refractivity contribution in [1.29, 1.82) is 10.5 Å². The number of rotatable bonds is 29. The molecule has 0 saturated carbocycles. The van der Waals surface area contributed by atoms with E-state index in [1.807, 2.05) is 27.7 Å². The lowest BCUT2D eigenvalue weighted by atomic mass is 9.70. The Hall–Kier alpha value is -4.54. The third kappa shape index (κ3) is 18.4. The number of aliphatic hydroxyl groups is 4. The highest BCUT2D eigenvalue weighted by atomic mass is 16.6. The van der Waals surface area contributed by atoms with Gasteiger partial charge in [0.05, 0.1) is 43.6 Å². The van der Waals surface area contributed by atoms with E-state index in [4.69, 9.17) is 39.4 Å². The van der Waals surface area contributed by atoms with Crippen molar-refractivity contribution >= 4 is 23.9 Å². The predicted octanol–water partition coefficient (Wildman–Crippen LogP) is 6.01. The average Bonchev–Trinajstić information content (AvgIpc) is 3.21. The highest BCUT2D eigenvalue weighted by molar-refractivity contribution is 6.16. The maximum absolute atomic E-state index is 13.4. The highest BCUT2D eigenvalue weighted by Gasteiger charge is 2.38. The average molecular weight is 870 g/mol. The number of unbranched alkanes of at least 4 members (excludes halogenated alkanes) is 8. The molecule has 0 fully saturated rings. The molecular weight excluding hydrogens is 799 g/mol. The minimum Gasteiger partial charge on any atom is -0.462 e. The van der Waals surface area contributed by atoms with Gasteiger partial charge in [0.15, 0.2) is 0 Å². The van der Waals surface area contributed by atoms with E-state index in [9.17, 15) is 29.7 Å². The lowest BCUT2D eigenvalue weighted by Crippen LogP contribution is -2.31. The summed E-state index contributed by atoms with van der Waals surface area (Å²) in [6.07, 6.45) is 9.89. The van der Waals surface area contributed by atoms with Gasteiger partial charge < -0.3 is 44.7 Å². The molecule has 0 aromatic heterocycles. The second kappa shape index (κ2) is 28.9. The fourth-order valence-electron chi connectivity index (χ4n) is 7.66. The Bertz CT molecular complexity index is 1530. The fourth-order valence-corrected chi connectivity index (χ4v) is 7.66. The zero-order valence-corrected chi connectivity index (χ0v) is 37.5. The van der Waals surface area contributed by atoms with E-state index in [1.54, 1.807) is 0 Å². The number of carbonyl (C=O) groups excluding carboxylic acids is 4. The number of nitrogens with zero attached hydrogens (tertiary/aromatic N) is 2. The van der Waals surface area contributed by atoms with E-state index in [2.05, 4.69) is 17.5 Å². The summed E-state index contributed by atoms with van der Waals surface area (Å²) >= 11 is 0. The van der Waals surface area contributed by atoms with Crippen molar-refractivity contribution in [2.45, 2.75) is 143 Å². The van der Waals surface area contributed by atoms with Gasteiger partial charge in [0.1, 0.15) is 17.2 Å². The van der Waals surface area contributed by atoms with E-state index in [0.717, 1.165) is 37.7 Å². The van der Waals surface area contributed by atoms with Gasteiger partial charge in [-0.3, -0.25) is 0 Å². The molecule has 0 aromatic carbocycles. The third-order valence-electron chi connectivity index (χ3n) is 10.7. The number of carbonyl (C=O) groups is 4. The van der Waals surface area contributed by atoms with Crippen LogP contribution in [-0.2, 0) is 38.1 Å². The number of hydrogen-bond donors (Lipinski definition) is 5. The molecule has 2 aliphatic carbocycles. The second-order valence-corrected chi connectivity index (χ2v) is 17.5. The quantitative estimate of drug-likeness (QED) is 0.0144. The lowest BCUT2D eigenvalue weighted by Gasteiger charge is -2.34. The van der Waals surface area contributed by atoms with Gasteiger partial charge in [-0.2, -0.15) is 10.5 Å². The van der Waals surface area contributed by atoms with Crippen molar-refractivity contribution in [3.8, 4) is 12.1 Å². The Morgan fingerprint density at radius 3 is 1.29 bits per heavy atom. The van der Waals surface area contributed by atoms with Crippen LogP contribution in [0.15, 0.2) is 44.7 Å². The monoisotopic (exact) mass is 870 g/mol. The molecule has 62 heavy (non-hydrogen) atoms. The molecule has 15 nitrogen and oxygen atoms in total. The van der Waals surface area contributed by atoms with Crippen molar-refractivity contribution in [2.75, 3.05) is 59.4 Å². The first kappa shape index (κ1) is 53.6. The number of hydrogen-bond acceptors (Lipinski definition) is 15. The molecule has 0 spiro atoms. The molecule has 0 heterocycles. The Morgan fingerprint density at radius 1 is 0.516 bits per heavy atom. The molecule has 0 radical (unpaired) electrons. The summed E-state index contributed by atoms with van der Waals surface area (Å²) in [5.74, 6) is -3.46. The van der Waals surface area contributed by atoms with Crippen LogP contribution in [-0.4, -0.2) is 104 Å². The van der Waals surface area contributed by atoms with Crippen molar-refractivity contribution in [2.24, 2.45) is 10.8 Å². The van der Waals surface area contributed by atoms with Crippen LogP contribution >= 0.6 is 0 Å². The number of nitriles is 2. The van der Waals surface area contributed by atoms with Crippen molar-refractivity contribution in [1.82, 2.24) is 5.32 Å². The first-order valence-electron chi connectivity index (χ1n) is 22.3. The molecular formula is C47H71N3O12. The van der Waals surface area contributed by atoms with Gasteiger partial charge in [-0.05, 0) is 118 Å².